The molecule has 26 heavy (non-hydrogen) atoms. The van der Waals surface area contributed by atoms with Crippen molar-refractivity contribution in [3.63, 3.8) is 0 Å². The molecule has 1 unspecified atom stereocenters. The molecule has 6 nitrogen and oxygen atoms in total. The van der Waals surface area contributed by atoms with Gasteiger partial charge in [0, 0.05) is 23.4 Å². The van der Waals surface area contributed by atoms with Crippen LogP contribution in [-0.2, 0) is 6.54 Å². The molecule has 138 valence electrons. The van der Waals surface area contributed by atoms with E-state index in [2.05, 4.69) is 16.5 Å². The quantitative estimate of drug-likeness (QED) is 0.758. The van der Waals surface area contributed by atoms with Crippen LogP contribution in [0.2, 0.25) is 5.02 Å². The van der Waals surface area contributed by atoms with E-state index in [0.717, 1.165) is 37.6 Å². The van der Waals surface area contributed by atoms with Gasteiger partial charge in [0.2, 0.25) is 0 Å². The van der Waals surface area contributed by atoms with Crippen LogP contribution in [0.5, 0.6) is 0 Å². The van der Waals surface area contributed by atoms with Crippen molar-refractivity contribution in [1.82, 2.24) is 15.1 Å². The van der Waals surface area contributed by atoms with E-state index in [9.17, 15) is 9.90 Å². The van der Waals surface area contributed by atoms with Gasteiger partial charge in [-0.15, -0.1) is 0 Å². The van der Waals surface area contributed by atoms with E-state index in [0.29, 0.717) is 35.5 Å². The molecular weight excluding hydrogens is 352 g/mol. The summed E-state index contributed by atoms with van der Waals surface area (Å²) >= 11 is 6.12. The number of carbonyl (C=O) groups is 1. The lowest BCUT2D eigenvalue weighted by molar-refractivity contribution is 0.0714. The average molecular weight is 375 g/mol. The normalized spacial score (nSPS) is 20.0. The summed E-state index contributed by atoms with van der Waals surface area (Å²) in [7, 11) is 0. The molecule has 0 spiro atoms. The third kappa shape index (κ3) is 4.17. The molecule has 1 saturated carbocycles. The molecule has 2 atom stereocenters. The maximum Gasteiger partial charge on any atom is 0.272 e. The zero-order valence-corrected chi connectivity index (χ0v) is 15.4. The minimum absolute atomic E-state index is 0.230. The van der Waals surface area contributed by atoms with Gasteiger partial charge >= 0.3 is 0 Å². The number of nitriles is 1. The number of benzene rings is 1. The lowest BCUT2D eigenvalue weighted by atomic mass is 9.92. The molecule has 0 saturated heterocycles. The van der Waals surface area contributed by atoms with Crippen molar-refractivity contribution in [2.75, 3.05) is 0 Å². The van der Waals surface area contributed by atoms with Gasteiger partial charge in [0.25, 0.3) is 5.91 Å². The van der Waals surface area contributed by atoms with Gasteiger partial charge < -0.3 is 10.4 Å². The third-order valence-electron chi connectivity index (χ3n) is 4.88. The predicted octanol–water partition coefficient (Wildman–Crippen LogP) is 3.42. The Morgan fingerprint density at radius 3 is 2.96 bits per heavy atom. The van der Waals surface area contributed by atoms with E-state index in [1.54, 1.807) is 16.8 Å². The van der Waals surface area contributed by atoms with Gasteiger partial charge in [-0.3, -0.25) is 9.48 Å². The molecule has 7 heteroatoms. The number of nitrogens with zero attached hydrogens (tertiary/aromatic N) is 3. The lowest BCUT2D eigenvalue weighted by Crippen LogP contribution is -2.45. The van der Waals surface area contributed by atoms with Crippen LogP contribution in [0.3, 0.4) is 0 Å². The largest absolute Gasteiger partial charge is 0.391 e. The number of aliphatic hydroxyl groups is 1. The first-order valence-corrected chi connectivity index (χ1v) is 9.50. The molecule has 1 aliphatic carbocycles. The van der Waals surface area contributed by atoms with Crippen molar-refractivity contribution in [2.45, 2.75) is 63.6 Å². The zero-order valence-electron chi connectivity index (χ0n) is 14.6. The topological polar surface area (TPSA) is 90.9 Å². The van der Waals surface area contributed by atoms with Crippen LogP contribution in [0, 0.1) is 11.3 Å². The molecule has 0 radical (unpaired) electrons. The average Bonchev–Trinajstić information content (AvgIpc) is 2.98. The Balaban J connectivity index is 1.83. The standard InChI is InChI=1S/C19H23ClN4O2/c20-13-8-9-16-14(12-13)18(23-24(16)11-5-1-4-10-21)19(26)22-15-6-2-3-7-17(15)25/h8-9,12,15,17,25H,1-7,11H2,(H,22,26)/t15?,17-/m0/s1. The Kier molecular flexibility index (Phi) is 6.12. The first-order chi connectivity index (χ1) is 12.6. The third-order valence-corrected chi connectivity index (χ3v) is 5.12. The van der Waals surface area contributed by atoms with Crippen LogP contribution in [0.25, 0.3) is 10.9 Å². The SMILES string of the molecule is N#CCCCCn1nc(C(=O)NC2CCCC[C@@H]2O)c2cc(Cl)ccc21. The van der Waals surface area contributed by atoms with Gasteiger partial charge in [-0.2, -0.15) is 10.4 Å². The summed E-state index contributed by atoms with van der Waals surface area (Å²) < 4.78 is 1.80. The monoisotopic (exact) mass is 374 g/mol. The second kappa shape index (κ2) is 8.52. The Bertz CT molecular complexity index is 827. The highest BCUT2D eigenvalue weighted by Gasteiger charge is 2.27. The van der Waals surface area contributed by atoms with Crippen molar-refractivity contribution in [3.05, 3.63) is 28.9 Å². The summed E-state index contributed by atoms with van der Waals surface area (Å²) in [4.78, 5) is 12.8. The number of carbonyl (C=O) groups excluding carboxylic acids is 1. The summed E-state index contributed by atoms with van der Waals surface area (Å²) in [5, 5.41) is 27.5. The number of aryl methyl sites for hydroxylation is 1. The van der Waals surface area contributed by atoms with Gasteiger partial charge in [-0.1, -0.05) is 24.4 Å². The maximum absolute atomic E-state index is 12.8. The summed E-state index contributed by atoms with van der Waals surface area (Å²) in [5.41, 5.74) is 1.18. The smallest absolute Gasteiger partial charge is 0.272 e. The molecule has 0 aliphatic heterocycles. The fourth-order valence-electron chi connectivity index (χ4n) is 3.47. The molecule has 3 rings (SSSR count). The Morgan fingerprint density at radius 1 is 1.38 bits per heavy atom. The van der Waals surface area contributed by atoms with E-state index in [1.807, 2.05) is 6.07 Å². The Morgan fingerprint density at radius 2 is 2.19 bits per heavy atom. The van der Waals surface area contributed by atoms with Crippen molar-refractivity contribution >= 4 is 28.4 Å². The number of aromatic nitrogens is 2. The molecule has 1 aliphatic rings. The van der Waals surface area contributed by atoms with Crippen molar-refractivity contribution < 1.29 is 9.90 Å². The highest BCUT2D eigenvalue weighted by Crippen LogP contribution is 2.24. The van der Waals surface area contributed by atoms with Gasteiger partial charge in [-0.05, 0) is 43.9 Å². The number of amides is 1. The van der Waals surface area contributed by atoms with Crippen LogP contribution >= 0.6 is 11.6 Å². The zero-order chi connectivity index (χ0) is 18.5. The van der Waals surface area contributed by atoms with E-state index >= 15 is 0 Å². The number of hydrogen-bond acceptors (Lipinski definition) is 4. The number of aliphatic hydroxyl groups excluding tert-OH is 1. The number of nitrogens with one attached hydrogen (secondary N) is 1. The van der Waals surface area contributed by atoms with Crippen molar-refractivity contribution in [2.24, 2.45) is 0 Å². The fourth-order valence-corrected chi connectivity index (χ4v) is 3.64. The van der Waals surface area contributed by atoms with E-state index < -0.39 is 6.10 Å². The first-order valence-electron chi connectivity index (χ1n) is 9.12. The van der Waals surface area contributed by atoms with Crippen LogP contribution < -0.4 is 5.32 Å². The Hall–Kier alpha value is -2.10. The van der Waals surface area contributed by atoms with E-state index in [-0.39, 0.29) is 11.9 Å². The van der Waals surface area contributed by atoms with Gasteiger partial charge in [0.15, 0.2) is 5.69 Å². The molecule has 1 amide bonds. The minimum atomic E-state index is -0.504. The highest BCUT2D eigenvalue weighted by atomic mass is 35.5. The van der Waals surface area contributed by atoms with E-state index in [4.69, 9.17) is 16.9 Å². The minimum Gasteiger partial charge on any atom is -0.391 e. The lowest BCUT2D eigenvalue weighted by Gasteiger charge is -2.28. The number of fused-ring (bicyclic) bond motifs is 1. The highest BCUT2D eigenvalue weighted by molar-refractivity contribution is 6.31. The number of hydrogen-bond donors (Lipinski definition) is 2. The number of rotatable bonds is 6. The molecule has 0 bridgehead atoms. The molecule has 1 fully saturated rings. The van der Waals surface area contributed by atoms with Gasteiger partial charge in [0.1, 0.15) is 0 Å². The van der Waals surface area contributed by atoms with Gasteiger partial charge in [-0.25, -0.2) is 0 Å². The summed E-state index contributed by atoms with van der Waals surface area (Å²) in [6.45, 7) is 0.638. The molecule has 2 N–H and O–H groups in total. The molecule has 2 aromatic rings. The van der Waals surface area contributed by atoms with E-state index in [1.165, 1.54) is 0 Å². The van der Waals surface area contributed by atoms with Gasteiger partial charge in [0.05, 0.1) is 23.7 Å². The van der Waals surface area contributed by atoms with Crippen LogP contribution in [0.1, 0.15) is 55.4 Å². The summed E-state index contributed by atoms with van der Waals surface area (Å²) in [5.74, 6) is -0.279. The second-order valence-electron chi connectivity index (χ2n) is 6.78. The summed E-state index contributed by atoms with van der Waals surface area (Å²) in [6, 6.07) is 7.30. The maximum atomic E-state index is 12.8. The molecule has 1 heterocycles. The van der Waals surface area contributed by atoms with Crippen LogP contribution in [-0.4, -0.2) is 32.9 Å². The van der Waals surface area contributed by atoms with Crippen molar-refractivity contribution in [1.29, 1.82) is 5.26 Å². The molecule has 1 aromatic heterocycles. The van der Waals surface area contributed by atoms with Crippen LogP contribution in [0.4, 0.5) is 0 Å². The number of unbranched alkanes of at least 4 members (excludes halogenated alkanes) is 2. The molecule has 1 aromatic carbocycles. The molecular formula is C19H23ClN4O2. The van der Waals surface area contributed by atoms with Crippen molar-refractivity contribution in [3.8, 4) is 6.07 Å². The first kappa shape index (κ1) is 18.7. The Labute approximate surface area is 157 Å². The van der Waals surface area contributed by atoms with Crippen LogP contribution in [0.15, 0.2) is 18.2 Å². The fraction of sp³-hybridized carbons (Fsp3) is 0.526. The number of halogens is 1. The second-order valence-corrected chi connectivity index (χ2v) is 7.22. The summed E-state index contributed by atoms with van der Waals surface area (Å²) in [6.07, 6.45) is 5.10. The predicted molar refractivity (Wildman–Crippen MR) is 99.9 cm³/mol.